The van der Waals surface area contributed by atoms with Crippen molar-refractivity contribution in [2.75, 3.05) is 6.61 Å². The molecule has 14 nitrogen and oxygen atoms in total. The molecule has 1 aliphatic heterocycles. The molecule has 0 radical (unpaired) electrons. The summed E-state index contributed by atoms with van der Waals surface area (Å²) in [7, 11) is 0. The topological polar surface area (TPSA) is 237 Å². The molecule has 216 valence electrons. The number of hydrogen-bond donors (Lipinski definition) is 8. The van der Waals surface area contributed by atoms with E-state index in [0.29, 0.717) is 0 Å². The predicted octanol–water partition coefficient (Wildman–Crippen LogP) is 0.764. The summed E-state index contributed by atoms with van der Waals surface area (Å²) in [5, 5.41) is 81.1. The van der Waals surface area contributed by atoms with Crippen LogP contribution in [-0.2, 0) is 14.3 Å². The first-order valence-electron chi connectivity index (χ1n) is 12.1. The maximum absolute atomic E-state index is 12.8. The summed E-state index contributed by atoms with van der Waals surface area (Å²) in [6.07, 6.45) is -8.41. The van der Waals surface area contributed by atoms with Gasteiger partial charge in [-0.05, 0) is 24.1 Å². The number of hydrogen-bond acceptors (Lipinski definition) is 14. The molecule has 3 aromatic rings. The second-order valence-corrected chi connectivity index (χ2v) is 9.67. The van der Waals surface area contributed by atoms with E-state index in [2.05, 4.69) is 0 Å². The molecule has 0 amide bonds. The molecular weight excluding hydrogens is 536 g/mol. The predicted molar refractivity (Wildman–Crippen MR) is 134 cm³/mol. The SMILES string of the molecule is CC(C)CC(=O)OCC1OC(Oc2cc3oc(-c4ccc(O)c(O)c4)c(O)c(=O)c3c(O)c2O)C(O)C(O)C1O. The summed E-state index contributed by atoms with van der Waals surface area (Å²) in [5.41, 5.74) is -1.60. The summed E-state index contributed by atoms with van der Waals surface area (Å²) in [5.74, 6) is -5.73. The van der Waals surface area contributed by atoms with Crippen molar-refractivity contribution < 1.29 is 64.3 Å². The Morgan fingerprint density at radius 2 is 1.62 bits per heavy atom. The van der Waals surface area contributed by atoms with Crippen molar-refractivity contribution in [3.05, 3.63) is 34.5 Å². The van der Waals surface area contributed by atoms with Gasteiger partial charge >= 0.3 is 5.97 Å². The maximum atomic E-state index is 12.8. The van der Waals surface area contributed by atoms with Gasteiger partial charge in [-0.15, -0.1) is 0 Å². The molecule has 0 spiro atoms. The highest BCUT2D eigenvalue weighted by molar-refractivity contribution is 5.91. The van der Waals surface area contributed by atoms with Gasteiger partial charge in [-0.3, -0.25) is 9.59 Å². The molecule has 14 heteroatoms. The molecule has 0 aliphatic carbocycles. The standard InChI is InChI=1S/C26H28O14/c1-9(2)5-16(29)37-8-15-19(31)22(34)24(36)26(40-15)39-14-7-13-17(20(32)18(14)30)21(33)23(35)25(38-13)10-3-4-11(27)12(28)6-10/h3-4,6-7,9,15,19,22,24,26-28,30-32,34-36H,5,8H2,1-2H3. The minimum atomic E-state index is -1.88. The molecule has 1 aromatic heterocycles. The van der Waals surface area contributed by atoms with E-state index >= 15 is 0 Å². The molecule has 1 fully saturated rings. The van der Waals surface area contributed by atoms with E-state index in [4.69, 9.17) is 18.6 Å². The quantitative estimate of drug-likeness (QED) is 0.146. The third-order valence-electron chi connectivity index (χ3n) is 6.21. The first-order chi connectivity index (χ1) is 18.8. The van der Waals surface area contributed by atoms with Crippen LogP contribution in [0.4, 0.5) is 0 Å². The number of carbonyl (C=O) groups excluding carboxylic acids is 1. The van der Waals surface area contributed by atoms with E-state index in [9.17, 15) is 50.4 Å². The third-order valence-corrected chi connectivity index (χ3v) is 6.21. The summed E-state index contributed by atoms with van der Waals surface area (Å²) < 4.78 is 21.6. The largest absolute Gasteiger partial charge is 0.504 e. The van der Waals surface area contributed by atoms with Crippen molar-refractivity contribution in [2.24, 2.45) is 5.92 Å². The lowest BCUT2D eigenvalue weighted by Gasteiger charge is -2.39. The number of esters is 1. The molecule has 1 saturated heterocycles. The van der Waals surface area contributed by atoms with Crippen LogP contribution in [-0.4, -0.2) is 84.1 Å². The van der Waals surface area contributed by atoms with E-state index in [0.717, 1.165) is 18.2 Å². The van der Waals surface area contributed by atoms with Crippen LogP contribution < -0.4 is 10.2 Å². The lowest BCUT2D eigenvalue weighted by atomic mass is 9.99. The van der Waals surface area contributed by atoms with E-state index in [1.807, 2.05) is 0 Å². The zero-order chi connectivity index (χ0) is 29.5. The van der Waals surface area contributed by atoms with Crippen molar-refractivity contribution in [1.29, 1.82) is 0 Å². The van der Waals surface area contributed by atoms with Gasteiger partial charge in [-0.25, -0.2) is 0 Å². The molecule has 5 atom stereocenters. The Morgan fingerprint density at radius 3 is 2.27 bits per heavy atom. The van der Waals surface area contributed by atoms with Gasteiger partial charge in [0.25, 0.3) is 0 Å². The number of aliphatic hydroxyl groups is 3. The van der Waals surface area contributed by atoms with Crippen molar-refractivity contribution in [1.82, 2.24) is 0 Å². The van der Waals surface area contributed by atoms with Gasteiger partial charge in [0.15, 0.2) is 28.8 Å². The van der Waals surface area contributed by atoms with Crippen LogP contribution in [0.2, 0.25) is 0 Å². The van der Waals surface area contributed by atoms with E-state index in [1.54, 1.807) is 13.8 Å². The van der Waals surface area contributed by atoms with Crippen LogP contribution in [0.5, 0.6) is 34.5 Å². The fourth-order valence-electron chi connectivity index (χ4n) is 4.09. The van der Waals surface area contributed by atoms with Gasteiger partial charge in [0.2, 0.25) is 23.2 Å². The summed E-state index contributed by atoms with van der Waals surface area (Å²) in [6.45, 7) is 3.09. The number of aromatic hydroxyl groups is 5. The maximum Gasteiger partial charge on any atom is 0.306 e. The van der Waals surface area contributed by atoms with Gasteiger partial charge in [0.1, 0.15) is 42.0 Å². The lowest BCUT2D eigenvalue weighted by molar-refractivity contribution is -0.278. The first-order valence-corrected chi connectivity index (χ1v) is 12.1. The number of phenols is 4. The lowest BCUT2D eigenvalue weighted by Crippen LogP contribution is -2.60. The van der Waals surface area contributed by atoms with Gasteiger partial charge in [-0.2, -0.15) is 0 Å². The normalized spacial score (nSPS) is 22.9. The first kappa shape index (κ1) is 28.8. The number of carbonyl (C=O) groups is 1. The Kier molecular flexibility index (Phi) is 7.98. The van der Waals surface area contributed by atoms with E-state index in [1.165, 1.54) is 6.07 Å². The second kappa shape index (κ2) is 11.1. The highest BCUT2D eigenvalue weighted by atomic mass is 16.7. The Labute approximate surface area is 225 Å². The Balaban J connectivity index is 1.68. The van der Waals surface area contributed by atoms with Crippen molar-refractivity contribution in [3.8, 4) is 45.8 Å². The number of fused-ring (bicyclic) bond motifs is 1. The Morgan fingerprint density at radius 1 is 0.925 bits per heavy atom. The number of benzene rings is 2. The molecule has 5 unspecified atom stereocenters. The van der Waals surface area contributed by atoms with E-state index < -0.39 is 99.9 Å². The molecule has 0 saturated carbocycles. The van der Waals surface area contributed by atoms with Crippen molar-refractivity contribution >= 4 is 16.9 Å². The third kappa shape index (κ3) is 5.42. The Bertz CT molecular complexity index is 1480. The smallest absolute Gasteiger partial charge is 0.306 e. The molecule has 4 rings (SSSR count). The van der Waals surface area contributed by atoms with E-state index in [-0.39, 0.29) is 17.9 Å². The van der Waals surface area contributed by atoms with Crippen LogP contribution in [0.3, 0.4) is 0 Å². The highest BCUT2D eigenvalue weighted by Crippen LogP contribution is 2.44. The number of phenolic OH excluding ortho intramolecular Hbond substituents is 4. The number of rotatable bonds is 7. The Hall–Kier alpha value is -4.24. The summed E-state index contributed by atoms with van der Waals surface area (Å²) >= 11 is 0. The average Bonchev–Trinajstić information content (AvgIpc) is 2.89. The average molecular weight is 564 g/mol. The molecule has 0 bridgehead atoms. The van der Waals surface area contributed by atoms with Crippen LogP contribution in [0, 0.1) is 5.92 Å². The molecule has 8 N–H and O–H groups in total. The number of ether oxygens (including phenoxy) is 3. The molecule has 1 aliphatic rings. The summed E-state index contributed by atoms with van der Waals surface area (Å²) in [4.78, 5) is 24.7. The van der Waals surface area contributed by atoms with Crippen LogP contribution in [0.1, 0.15) is 20.3 Å². The fraction of sp³-hybridized carbons (Fsp3) is 0.385. The van der Waals surface area contributed by atoms with Crippen molar-refractivity contribution in [3.63, 3.8) is 0 Å². The van der Waals surface area contributed by atoms with Gasteiger partial charge < -0.3 is 59.5 Å². The zero-order valence-corrected chi connectivity index (χ0v) is 21.2. The second-order valence-electron chi connectivity index (χ2n) is 9.67. The minimum Gasteiger partial charge on any atom is -0.504 e. The van der Waals surface area contributed by atoms with Crippen LogP contribution in [0.25, 0.3) is 22.3 Å². The molecular formula is C26H28O14. The minimum absolute atomic E-state index is 0.000964. The number of aliphatic hydroxyl groups excluding tert-OH is 3. The van der Waals surface area contributed by atoms with Gasteiger partial charge in [0, 0.05) is 18.1 Å². The van der Waals surface area contributed by atoms with Crippen LogP contribution in [0.15, 0.2) is 33.5 Å². The van der Waals surface area contributed by atoms with Crippen molar-refractivity contribution in [2.45, 2.75) is 51.0 Å². The van der Waals surface area contributed by atoms with Crippen LogP contribution >= 0.6 is 0 Å². The van der Waals surface area contributed by atoms with Gasteiger partial charge in [-0.1, -0.05) is 13.8 Å². The fourth-order valence-corrected chi connectivity index (χ4v) is 4.09. The molecule has 40 heavy (non-hydrogen) atoms. The molecule has 2 heterocycles. The zero-order valence-electron chi connectivity index (χ0n) is 21.2. The summed E-state index contributed by atoms with van der Waals surface area (Å²) in [6, 6.07) is 4.24. The molecule has 2 aromatic carbocycles. The van der Waals surface area contributed by atoms with Gasteiger partial charge in [0.05, 0.1) is 0 Å². The monoisotopic (exact) mass is 564 g/mol. The highest BCUT2D eigenvalue weighted by Gasteiger charge is 2.46.